The molecule has 4 heteroatoms. The predicted octanol–water partition coefficient (Wildman–Crippen LogP) is 0.993. The molecule has 1 aliphatic carbocycles. The topological polar surface area (TPSA) is 60.2 Å². The molecule has 1 aliphatic rings. The molecular weight excluding hydrogens is 178 g/mol. The molecule has 0 radical (unpaired) electrons. The average molecular weight is 193 g/mol. The third-order valence-electron chi connectivity index (χ3n) is 2.57. The Morgan fingerprint density at radius 3 is 2.93 bits per heavy atom. The molecule has 0 aliphatic heterocycles. The Balaban J connectivity index is 2.09. The van der Waals surface area contributed by atoms with Crippen molar-refractivity contribution < 1.29 is 4.74 Å². The third kappa shape index (κ3) is 1.80. The summed E-state index contributed by atoms with van der Waals surface area (Å²) in [5.74, 6) is 1.47. The van der Waals surface area contributed by atoms with Gasteiger partial charge in [-0.25, -0.2) is 0 Å². The molecule has 1 fully saturated rings. The average Bonchev–Trinajstić information content (AvgIpc) is 2.99. The molecule has 4 nitrogen and oxygen atoms in total. The highest BCUT2D eigenvalue weighted by molar-refractivity contribution is 5.42. The zero-order chi connectivity index (χ0) is 10.0. The first-order chi connectivity index (χ1) is 6.78. The summed E-state index contributed by atoms with van der Waals surface area (Å²) in [7, 11) is 1.61. The number of nitrogens with zero attached hydrogens (tertiary/aromatic N) is 1. The van der Waals surface area contributed by atoms with E-state index in [4.69, 9.17) is 10.5 Å². The maximum absolute atomic E-state index is 5.67. The van der Waals surface area contributed by atoms with Crippen molar-refractivity contribution in [1.82, 2.24) is 4.98 Å². The quantitative estimate of drug-likeness (QED) is 0.748. The molecule has 1 aromatic heterocycles. The van der Waals surface area contributed by atoms with Crippen LogP contribution >= 0.6 is 0 Å². The van der Waals surface area contributed by atoms with Gasteiger partial charge in [-0.3, -0.25) is 0 Å². The highest BCUT2D eigenvalue weighted by Gasteiger charge is 2.41. The second kappa shape index (κ2) is 3.46. The number of methoxy groups -OCH3 is 1. The molecule has 0 saturated heterocycles. The number of hydrogen-bond acceptors (Lipinski definition) is 4. The molecule has 0 aromatic carbocycles. The van der Waals surface area contributed by atoms with Crippen molar-refractivity contribution >= 4 is 5.82 Å². The van der Waals surface area contributed by atoms with E-state index < -0.39 is 0 Å². The number of nitrogens with two attached hydrogens (primary N) is 1. The standard InChI is InChI=1S/C10H15N3O/c1-14-9-4-2-3-8(12-9)13-10(7-11)5-6-10/h2-4H,5-7,11H2,1H3,(H,12,13). The summed E-state index contributed by atoms with van der Waals surface area (Å²) in [6, 6.07) is 5.67. The SMILES string of the molecule is COc1cccc(NC2(CN)CC2)n1. The van der Waals surface area contributed by atoms with E-state index in [2.05, 4.69) is 10.3 Å². The van der Waals surface area contributed by atoms with Crippen molar-refractivity contribution in [2.45, 2.75) is 18.4 Å². The van der Waals surface area contributed by atoms with E-state index in [0.717, 1.165) is 18.7 Å². The largest absolute Gasteiger partial charge is 0.481 e. The Kier molecular flexibility index (Phi) is 2.29. The van der Waals surface area contributed by atoms with Gasteiger partial charge in [0.15, 0.2) is 0 Å². The lowest BCUT2D eigenvalue weighted by atomic mass is 10.2. The maximum atomic E-state index is 5.67. The second-order valence-corrected chi connectivity index (χ2v) is 3.67. The fourth-order valence-corrected chi connectivity index (χ4v) is 1.40. The smallest absolute Gasteiger partial charge is 0.214 e. The van der Waals surface area contributed by atoms with Crippen LogP contribution in [0.4, 0.5) is 5.82 Å². The van der Waals surface area contributed by atoms with E-state index in [1.165, 1.54) is 0 Å². The fourth-order valence-electron chi connectivity index (χ4n) is 1.40. The van der Waals surface area contributed by atoms with E-state index in [1.807, 2.05) is 18.2 Å². The van der Waals surface area contributed by atoms with E-state index in [1.54, 1.807) is 7.11 Å². The first-order valence-corrected chi connectivity index (χ1v) is 4.77. The molecule has 0 unspecified atom stereocenters. The minimum absolute atomic E-state index is 0.0966. The highest BCUT2D eigenvalue weighted by atomic mass is 16.5. The highest BCUT2D eigenvalue weighted by Crippen LogP contribution is 2.37. The minimum Gasteiger partial charge on any atom is -0.481 e. The molecule has 14 heavy (non-hydrogen) atoms. The van der Waals surface area contributed by atoms with Crippen LogP contribution in [0, 0.1) is 0 Å². The number of rotatable bonds is 4. The molecule has 1 saturated carbocycles. The molecule has 3 N–H and O–H groups in total. The molecule has 0 spiro atoms. The molecule has 1 heterocycles. The van der Waals surface area contributed by atoms with Crippen molar-refractivity contribution in [2.24, 2.45) is 5.73 Å². The van der Waals surface area contributed by atoms with E-state index >= 15 is 0 Å². The Bertz CT molecular complexity index is 323. The molecular formula is C10H15N3O. The Labute approximate surface area is 83.5 Å². The van der Waals surface area contributed by atoms with Crippen LogP contribution in [-0.2, 0) is 0 Å². The lowest BCUT2D eigenvalue weighted by Gasteiger charge is -2.15. The zero-order valence-corrected chi connectivity index (χ0v) is 8.29. The Morgan fingerprint density at radius 2 is 2.36 bits per heavy atom. The first-order valence-electron chi connectivity index (χ1n) is 4.77. The number of nitrogens with one attached hydrogen (secondary N) is 1. The predicted molar refractivity (Wildman–Crippen MR) is 55.4 cm³/mol. The van der Waals surface area contributed by atoms with Gasteiger partial charge in [-0.2, -0.15) is 4.98 Å². The minimum atomic E-state index is 0.0966. The van der Waals surface area contributed by atoms with Gasteiger partial charge in [0.05, 0.1) is 12.6 Å². The number of pyridine rings is 1. The van der Waals surface area contributed by atoms with Crippen LogP contribution in [0.15, 0.2) is 18.2 Å². The normalized spacial score (nSPS) is 17.6. The number of aromatic nitrogens is 1. The Hall–Kier alpha value is -1.29. The van der Waals surface area contributed by atoms with Crippen LogP contribution in [0.5, 0.6) is 5.88 Å². The summed E-state index contributed by atoms with van der Waals surface area (Å²) in [4.78, 5) is 4.28. The van der Waals surface area contributed by atoms with Crippen LogP contribution < -0.4 is 15.8 Å². The summed E-state index contributed by atoms with van der Waals surface area (Å²) in [5.41, 5.74) is 5.76. The molecule has 2 rings (SSSR count). The number of ether oxygens (including phenoxy) is 1. The number of anilines is 1. The van der Waals surface area contributed by atoms with Crippen LogP contribution in [0.2, 0.25) is 0 Å². The summed E-state index contributed by atoms with van der Waals surface area (Å²) in [6.45, 7) is 0.659. The van der Waals surface area contributed by atoms with Crippen molar-refractivity contribution in [1.29, 1.82) is 0 Å². The lowest BCUT2D eigenvalue weighted by Crippen LogP contribution is -2.31. The van der Waals surface area contributed by atoms with Crippen LogP contribution in [0.25, 0.3) is 0 Å². The summed E-state index contributed by atoms with van der Waals surface area (Å²) < 4.78 is 5.04. The zero-order valence-electron chi connectivity index (χ0n) is 8.29. The molecule has 0 bridgehead atoms. The first kappa shape index (κ1) is 9.27. The van der Waals surface area contributed by atoms with Crippen molar-refractivity contribution in [3.8, 4) is 5.88 Å². The van der Waals surface area contributed by atoms with Crippen molar-refractivity contribution in [2.75, 3.05) is 19.0 Å². The third-order valence-corrected chi connectivity index (χ3v) is 2.57. The molecule has 0 amide bonds. The van der Waals surface area contributed by atoms with Crippen molar-refractivity contribution in [3.05, 3.63) is 18.2 Å². The Morgan fingerprint density at radius 1 is 1.57 bits per heavy atom. The van der Waals surface area contributed by atoms with Gasteiger partial charge < -0.3 is 15.8 Å². The van der Waals surface area contributed by atoms with Gasteiger partial charge in [-0.1, -0.05) is 6.07 Å². The molecule has 1 aromatic rings. The van der Waals surface area contributed by atoms with Gasteiger partial charge in [-0.15, -0.1) is 0 Å². The maximum Gasteiger partial charge on any atom is 0.214 e. The van der Waals surface area contributed by atoms with Crippen LogP contribution in [-0.4, -0.2) is 24.2 Å². The van der Waals surface area contributed by atoms with Crippen LogP contribution in [0.3, 0.4) is 0 Å². The summed E-state index contributed by atoms with van der Waals surface area (Å²) >= 11 is 0. The molecule has 76 valence electrons. The van der Waals surface area contributed by atoms with Gasteiger partial charge >= 0.3 is 0 Å². The van der Waals surface area contributed by atoms with E-state index in [0.29, 0.717) is 12.4 Å². The fraction of sp³-hybridized carbons (Fsp3) is 0.500. The van der Waals surface area contributed by atoms with Gasteiger partial charge in [0.25, 0.3) is 0 Å². The molecule has 0 atom stereocenters. The summed E-state index contributed by atoms with van der Waals surface area (Å²) in [6.07, 6.45) is 2.25. The summed E-state index contributed by atoms with van der Waals surface area (Å²) in [5, 5.41) is 3.34. The second-order valence-electron chi connectivity index (χ2n) is 3.67. The van der Waals surface area contributed by atoms with Gasteiger partial charge in [0, 0.05) is 12.6 Å². The van der Waals surface area contributed by atoms with Gasteiger partial charge in [-0.05, 0) is 18.9 Å². The lowest BCUT2D eigenvalue weighted by molar-refractivity contribution is 0.398. The van der Waals surface area contributed by atoms with Crippen LogP contribution in [0.1, 0.15) is 12.8 Å². The monoisotopic (exact) mass is 193 g/mol. The van der Waals surface area contributed by atoms with Crippen molar-refractivity contribution in [3.63, 3.8) is 0 Å². The number of hydrogen-bond donors (Lipinski definition) is 2. The van der Waals surface area contributed by atoms with E-state index in [9.17, 15) is 0 Å². The van der Waals surface area contributed by atoms with E-state index in [-0.39, 0.29) is 5.54 Å². The van der Waals surface area contributed by atoms with Gasteiger partial charge in [0.1, 0.15) is 5.82 Å². The van der Waals surface area contributed by atoms with Gasteiger partial charge in [0.2, 0.25) is 5.88 Å².